The molecule has 0 atom stereocenters. The van der Waals surface area contributed by atoms with Crippen molar-refractivity contribution in [3.8, 4) is 0 Å². The Labute approximate surface area is 104 Å². The Morgan fingerprint density at radius 3 is 2.69 bits per heavy atom. The lowest BCUT2D eigenvalue weighted by Crippen LogP contribution is -2.41. The van der Waals surface area contributed by atoms with Gasteiger partial charge in [-0.2, -0.15) is 0 Å². The zero-order valence-electron chi connectivity index (χ0n) is 8.91. The summed E-state index contributed by atoms with van der Waals surface area (Å²) in [6.07, 6.45) is 4.82. The van der Waals surface area contributed by atoms with Crippen LogP contribution in [0.15, 0.2) is 12.3 Å². The van der Waals surface area contributed by atoms with Crippen LogP contribution in [0.4, 0.5) is 0 Å². The highest BCUT2D eigenvalue weighted by Crippen LogP contribution is 2.26. The molecule has 1 fully saturated rings. The van der Waals surface area contributed by atoms with Crippen molar-refractivity contribution < 1.29 is 4.79 Å². The van der Waals surface area contributed by atoms with Gasteiger partial charge in [0, 0.05) is 19.3 Å². The van der Waals surface area contributed by atoms with Gasteiger partial charge in [-0.05, 0) is 25.3 Å². The molecule has 0 N–H and O–H groups in total. The van der Waals surface area contributed by atoms with Crippen molar-refractivity contribution in [3.05, 3.63) is 28.0 Å². The Hall–Kier alpha value is -0.800. The van der Waals surface area contributed by atoms with Gasteiger partial charge in [0.25, 0.3) is 5.91 Å². The lowest BCUT2D eigenvalue weighted by Gasteiger charge is -2.34. The van der Waals surface area contributed by atoms with Crippen molar-refractivity contribution in [2.45, 2.75) is 25.3 Å². The molecule has 1 aromatic heterocycles. The van der Waals surface area contributed by atoms with Crippen molar-refractivity contribution in [1.29, 1.82) is 0 Å². The Bertz CT molecular complexity index is 418. The molecule has 0 unspecified atom stereocenters. The van der Waals surface area contributed by atoms with E-state index in [1.807, 2.05) is 7.05 Å². The predicted octanol–water partition coefficient (Wildman–Crippen LogP) is 3.01. The first-order valence-electron chi connectivity index (χ1n) is 5.18. The topological polar surface area (TPSA) is 33.2 Å². The second kappa shape index (κ2) is 4.60. The van der Waals surface area contributed by atoms with Crippen molar-refractivity contribution in [3.63, 3.8) is 0 Å². The molecule has 1 heterocycles. The van der Waals surface area contributed by atoms with Gasteiger partial charge in [0.05, 0.1) is 10.6 Å². The van der Waals surface area contributed by atoms with Crippen molar-refractivity contribution in [2.75, 3.05) is 7.05 Å². The maximum atomic E-state index is 12.0. The summed E-state index contributed by atoms with van der Waals surface area (Å²) in [6, 6.07) is 1.93. The molecular formula is C11H12Cl2N2O. The van der Waals surface area contributed by atoms with Gasteiger partial charge in [-0.1, -0.05) is 23.2 Å². The summed E-state index contributed by atoms with van der Waals surface area (Å²) in [4.78, 5) is 17.7. The van der Waals surface area contributed by atoms with E-state index in [0.29, 0.717) is 16.6 Å². The molecule has 5 heteroatoms. The summed E-state index contributed by atoms with van der Waals surface area (Å²) < 4.78 is 0. The van der Waals surface area contributed by atoms with Crippen LogP contribution in [-0.4, -0.2) is 28.9 Å². The van der Waals surface area contributed by atoms with E-state index in [4.69, 9.17) is 23.2 Å². The van der Waals surface area contributed by atoms with Crippen molar-refractivity contribution in [1.82, 2.24) is 9.88 Å². The highest BCUT2D eigenvalue weighted by molar-refractivity contribution is 6.41. The number of hydrogen-bond acceptors (Lipinski definition) is 2. The van der Waals surface area contributed by atoms with Crippen LogP contribution in [0.3, 0.4) is 0 Å². The Morgan fingerprint density at radius 2 is 2.19 bits per heavy atom. The number of carbonyl (C=O) groups excluding carboxylic acids is 1. The van der Waals surface area contributed by atoms with E-state index in [0.717, 1.165) is 12.8 Å². The fourth-order valence-electron chi connectivity index (χ4n) is 1.68. The Kier molecular flexibility index (Phi) is 3.36. The minimum absolute atomic E-state index is 0.0456. The summed E-state index contributed by atoms with van der Waals surface area (Å²) in [6.45, 7) is 0. The SMILES string of the molecule is CN(C(=O)c1cnc(Cl)c(Cl)c1)C1CCC1. The normalized spacial score (nSPS) is 15.7. The standard InChI is InChI=1S/C11H12Cl2N2O/c1-15(8-3-2-4-8)11(16)7-5-9(12)10(13)14-6-7/h5-6,8H,2-4H2,1H3. The minimum Gasteiger partial charge on any atom is -0.339 e. The van der Waals surface area contributed by atoms with Gasteiger partial charge < -0.3 is 4.90 Å². The Balaban J connectivity index is 2.16. The van der Waals surface area contributed by atoms with Gasteiger partial charge in [-0.25, -0.2) is 4.98 Å². The first-order valence-corrected chi connectivity index (χ1v) is 5.93. The van der Waals surface area contributed by atoms with E-state index < -0.39 is 0 Å². The third-order valence-electron chi connectivity index (χ3n) is 2.99. The average Bonchev–Trinajstić information content (AvgIpc) is 2.18. The number of halogens is 2. The van der Waals surface area contributed by atoms with Crippen LogP contribution in [0.1, 0.15) is 29.6 Å². The molecule has 16 heavy (non-hydrogen) atoms. The van der Waals surface area contributed by atoms with Gasteiger partial charge in [0.1, 0.15) is 5.15 Å². The van der Waals surface area contributed by atoms with Crippen LogP contribution >= 0.6 is 23.2 Å². The van der Waals surface area contributed by atoms with E-state index in [-0.39, 0.29) is 11.1 Å². The molecular weight excluding hydrogens is 247 g/mol. The molecule has 3 nitrogen and oxygen atoms in total. The number of carbonyl (C=O) groups is 1. The monoisotopic (exact) mass is 258 g/mol. The lowest BCUT2D eigenvalue weighted by atomic mass is 9.91. The van der Waals surface area contributed by atoms with Gasteiger partial charge in [-0.15, -0.1) is 0 Å². The molecule has 0 aliphatic heterocycles. The molecule has 2 rings (SSSR count). The van der Waals surface area contributed by atoms with Crippen LogP contribution < -0.4 is 0 Å². The summed E-state index contributed by atoms with van der Waals surface area (Å²) >= 11 is 11.5. The summed E-state index contributed by atoms with van der Waals surface area (Å²) in [5.41, 5.74) is 0.490. The van der Waals surface area contributed by atoms with E-state index >= 15 is 0 Å². The number of pyridine rings is 1. The van der Waals surface area contributed by atoms with Gasteiger partial charge in [0.2, 0.25) is 0 Å². The molecule has 0 aromatic carbocycles. The third kappa shape index (κ3) is 2.15. The second-order valence-corrected chi connectivity index (χ2v) is 4.76. The number of nitrogens with zero attached hydrogens (tertiary/aromatic N) is 2. The van der Waals surface area contributed by atoms with Crippen LogP contribution in [0.5, 0.6) is 0 Å². The molecule has 1 aliphatic carbocycles. The quantitative estimate of drug-likeness (QED) is 0.765. The highest BCUT2D eigenvalue weighted by Gasteiger charge is 2.26. The first-order chi connectivity index (χ1) is 7.59. The average molecular weight is 259 g/mol. The maximum absolute atomic E-state index is 12.0. The zero-order valence-corrected chi connectivity index (χ0v) is 10.4. The first kappa shape index (κ1) is 11.7. The number of hydrogen-bond donors (Lipinski definition) is 0. The van der Waals surface area contributed by atoms with Crippen LogP contribution in [0.25, 0.3) is 0 Å². The van der Waals surface area contributed by atoms with E-state index in [1.165, 1.54) is 12.6 Å². The van der Waals surface area contributed by atoms with Crippen molar-refractivity contribution in [2.24, 2.45) is 0 Å². The minimum atomic E-state index is -0.0456. The third-order valence-corrected chi connectivity index (χ3v) is 3.67. The molecule has 0 spiro atoms. The molecule has 0 saturated heterocycles. The molecule has 0 radical (unpaired) electrons. The summed E-state index contributed by atoms with van der Waals surface area (Å²) in [5.74, 6) is -0.0456. The van der Waals surface area contributed by atoms with E-state index in [1.54, 1.807) is 11.0 Å². The summed E-state index contributed by atoms with van der Waals surface area (Å²) in [5, 5.41) is 0.541. The molecule has 1 saturated carbocycles. The van der Waals surface area contributed by atoms with E-state index in [2.05, 4.69) is 4.98 Å². The molecule has 86 valence electrons. The number of aromatic nitrogens is 1. The Morgan fingerprint density at radius 1 is 1.50 bits per heavy atom. The number of amides is 1. The lowest BCUT2D eigenvalue weighted by molar-refractivity contribution is 0.0651. The molecule has 1 aliphatic rings. The van der Waals surface area contributed by atoms with Crippen LogP contribution in [0, 0.1) is 0 Å². The van der Waals surface area contributed by atoms with Gasteiger partial charge in [-0.3, -0.25) is 4.79 Å². The second-order valence-electron chi connectivity index (χ2n) is 4.00. The van der Waals surface area contributed by atoms with Gasteiger partial charge >= 0.3 is 0 Å². The van der Waals surface area contributed by atoms with E-state index in [9.17, 15) is 4.79 Å². The smallest absolute Gasteiger partial charge is 0.255 e. The number of rotatable bonds is 2. The van der Waals surface area contributed by atoms with Gasteiger partial charge in [0.15, 0.2) is 0 Å². The molecule has 1 amide bonds. The van der Waals surface area contributed by atoms with Crippen molar-refractivity contribution >= 4 is 29.1 Å². The maximum Gasteiger partial charge on any atom is 0.255 e. The zero-order chi connectivity index (χ0) is 11.7. The molecule has 0 bridgehead atoms. The van der Waals surface area contributed by atoms with Crippen LogP contribution in [0.2, 0.25) is 10.2 Å². The molecule has 1 aromatic rings. The largest absolute Gasteiger partial charge is 0.339 e. The predicted molar refractivity (Wildman–Crippen MR) is 64.0 cm³/mol. The fraction of sp³-hybridized carbons (Fsp3) is 0.455. The van der Waals surface area contributed by atoms with Crippen LogP contribution in [-0.2, 0) is 0 Å². The summed E-state index contributed by atoms with van der Waals surface area (Å²) in [7, 11) is 1.81. The fourth-order valence-corrected chi connectivity index (χ4v) is 1.95. The highest BCUT2D eigenvalue weighted by atomic mass is 35.5.